The maximum Gasteiger partial charge on any atom is 0.272 e. The van der Waals surface area contributed by atoms with E-state index in [1.165, 1.54) is 28.7 Å². The monoisotopic (exact) mass is 368 g/mol. The third-order valence-electron chi connectivity index (χ3n) is 5.39. The number of anilines is 1. The highest BCUT2D eigenvalue weighted by Crippen LogP contribution is 2.40. The molecule has 0 bridgehead atoms. The van der Waals surface area contributed by atoms with E-state index in [1.807, 2.05) is 16.2 Å². The summed E-state index contributed by atoms with van der Waals surface area (Å²) in [5.41, 5.74) is 2.09. The van der Waals surface area contributed by atoms with E-state index in [0.717, 1.165) is 30.2 Å². The van der Waals surface area contributed by atoms with E-state index in [4.69, 9.17) is 0 Å². The summed E-state index contributed by atoms with van der Waals surface area (Å²) in [6.07, 6.45) is 6.88. The van der Waals surface area contributed by atoms with Crippen LogP contribution in [-0.2, 0) is 19.9 Å². The molecule has 3 aromatic rings. The highest BCUT2D eigenvalue weighted by Gasteiger charge is 2.28. The van der Waals surface area contributed by atoms with Gasteiger partial charge in [-0.25, -0.2) is 9.97 Å². The van der Waals surface area contributed by atoms with Crippen LogP contribution in [0.4, 0.5) is 5.82 Å². The Kier molecular flexibility index (Phi) is 3.66. The predicted molar refractivity (Wildman–Crippen MR) is 101 cm³/mol. The molecule has 0 N–H and O–H groups in total. The molecule has 3 aromatic heterocycles. The summed E-state index contributed by atoms with van der Waals surface area (Å²) in [7, 11) is 1.80. The van der Waals surface area contributed by atoms with Crippen LogP contribution in [-0.4, -0.2) is 56.7 Å². The van der Waals surface area contributed by atoms with Gasteiger partial charge >= 0.3 is 0 Å². The van der Waals surface area contributed by atoms with Gasteiger partial charge in [0, 0.05) is 44.3 Å². The molecule has 0 aromatic carbocycles. The Morgan fingerprint density at radius 2 is 2.00 bits per heavy atom. The minimum absolute atomic E-state index is 0.0499. The quantitative estimate of drug-likeness (QED) is 0.691. The largest absolute Gasteiger partial charge is 0.352 e. The Labute approximate surface area is 155 Å². The number of hydrogen-bond donors (Lipinski definition) is 0. The number of nitrogens with zero attached hydrogens (tertiary/aromatic N) is 6. The summed E-state index contributed by atoms with van der Waals surface area (Å²) in [5, 5.41) is 5.35. The topological polar surface area (TPSA) is 67.2 Å². The van der Waals surface area contributed by atoms with Crippen molar-refractivity contribution in [3.8, 4) is 0 Å². The molecule has 0 atom stereocenters. The van der Waals surface area contributed by atoms with Crippen molar-refractivity contribution in [1.82, 2.24) is 24.6 Å². The number of aryl methyl sites for hydroxylation is 3. The van der Waals surface area contributed by atoms with Crippen LogP contribution >= 0.6 is 11.3 Å². The lowest BCUT2D eigenvalue weighted by Crippen LogP contribution is -2.49. The molecule has 0 saturated carbocycles. The number of carbonyl (C=O) groups is 1. The van der Waals surface area contributed by atoms with Gasteiger partial charge in [-0.1, -0.05) is 0 Å². The smallest absolute Gasteiger partial charge is 0.272 e. The zero-order valence-electron chi connectivity index (χ0n) is 14.7. The van der Waals surface area contributed by atoms with Crippen LogP contribution < -0.4 is 4.90 Å². The van der Waals surface area contributed by atoms with Crippen LogP contribution in [0.25, 0.3) is 10.2 Å². The predicted octanol–water partition coefficient (Wildman–Crippen LogP) is 1.88. The molecular formula is C18H20N6OS. The molecule has 1 fully saturated rings. The van der Waals surface area contributed by atoms with Gasteiger partial charge in [-0.2, -0.15) is 5.10 Å². The van der Waals surface area contributed by atoms with Gasteiger partial charge in [-0.3, -0.25) is 9.48 Å². The van der Waals surface area contributed by atoms with Crippen molar-refractivity contribution >= 4 is 33.3 Å². The standard InChI is InChI=1S/C18H20N6OS/c1-22-13(5-6-21-22)18(25)24-9-7-23(8-10-24)16-15-12-3-2-4-14(12)26-17(15)20-11-19-16/h5-6,11H,2-4,7-10H2,1H3. The van der Waals surface area contributed by atoms with Crippen LogP contribution in [0.15, 0.2) is 18.6 Å². The fourth-order valence-electron chi connectivity index (χ4n) is 4.02. The summed E-state index contributed by atoms with van der Waals surface area (Å²) >= 11 is 1.82. The first-order valence-electron chi connectivity index (χ1n) is 9.00. The SMILES string of the molecule is Cn1nccc1C(=O)N1CCN(c2ncnc3sc4c(c23)CCC4)CC1. The van der Waals surface area contributed by atoms with Gasteiger partial charge in [0.15, 0.2) is 0 Å². The Morgan fingerprint density at radius 1 is 1.15 bits per heavy atom. The number of piperazine rings is 1. The third-order valence-corrected chi connectivity index (χ3v) is 6.59. The molecule has 1 aliphatic heterocycles. The third kappa shape index (κ3) is 2.39. The first-order valence-corrected chi connectivity index (χ1v) is 9.81. The van der Waals surface area contributed by atoms with Crippen molar-refractivity contribution in [3.05, 3.63) is 34.7 Å². The van der Waals surface area contributed by atoms with Crippen molar-refractivity contribution in [2.24, 2.45) is 7.05 Å². The number of carbonyl (C=O) groups excluding carboxylic acids is 1. The Bertz CT molecular complexity index is 985. The van der Waals surface area contributed by atoms with Crippen molar-refractivity contribution in [2.45, 2.75) is 19.3 Å². The first-order chi connectivity index (χ1) is 12.7. The molecule has 2 aliphatic rings. The number of amides is 1. The Hall–Kier alpha value is -2.48. The molecule has 4 heterocycles. The van der Waals surface area contributed by atoms with E-state index in [1.54, 1.807) is 30.3 Å². The lowest BCUT2D eigenvalue weighted by molar-refractivity contribution is 0.0735. The number of rotatable bonds is 2. The van der Waals surface area contributed by atoms with Crippen LogP contribution in [0.5, 0.6) is 0 Å². The number of fused-ring (bicyclic) bond motifs is 3. The van der Waals surface area contributed by atoms with Crippen LogP contribution in [0, 0.1) is 0 Å². The van der Waals surface area contributed by atoms with Gasteiger partial charge < -0.3 is 9.80 Å². The summed E-state index contributed by atoms with van der Waals surface area (Å²) < 4.78 is 1.64. The molecule has 8 heteroatoms. The zero-order chi connectivity index (χ0) is 17.7. The van der Waals surface area contributed by atoms with E-state index in [2.05, 4.69) is 20.0 Å². The average molecular weight is 368 g/mol. The maximum atomic E-state index is 12.7. The molecular weight excluding hydrogens is 348 g/mol. The van der Waals surface area contributed by atoms with E-state index in [9.17, 15) is 4.79 Å². The molecule has 0 radical (unpaired) electrons. The summed E-state index contributed by atoms with van der Waals surface area (Å²) in [6, 6.07) is 1.78. The molecule has 134 valence electrons. The summed E-state index contributed by atoms with van der Waals surface area (Å²) in [4.78, 5) is 28.6. The van der Waals surface area contributed by atoms with Gasteiger partial charge in [0.1, 0.15) is 22.7 Å². The summed E-state index contributed by atoms with van der Waals surface area (Å²) in [5.74, 6) is 1.09. The molecule has 1 aliphatic carbocycles. The fraction of sp³-hybridized carbons (Fsp3) is 0.444. The van der Waals surface area contributed by atoms with E-state index < -0.39 is 0 Å². The first kappa shape index (κ1) is 15.7. The van der Waals surface area contributed by atoms with E-state index >= 15 is 0 Å². The molecule has 7 nitrogen and oxygen atoms in total. The number of aromatic nitrogens is 4. The molecule has 0 unspecified atom stereocenters. The zero-order valence-corrected chi connectivity index (χ0v) is 15.5. The van der Waals surface area contributed by atoms with Gasteiger partial charge in [-0.05, 0) is 30.9 Å². The highest BCUT2D eigenvalue weighted by molar-refractivity contribution is 7.19. The van der Waals surface area contributed by atoms with Crippen molar-refractivity contribution in [1.29, 1.82) is 0 Å². The van der Waals surface area contributed by atoms with Crippen LogP contribution in [0.2, 0.25) is 0 Å². The Balaban J connectivity index is 1.39. The van der Waals surface area contributed by atoms with E-state index in [0.29, 0.717) is 18.8 Å². The van der Waals surface area contributed by atoms with Crippen LogP contribution in [0.3, 0.4) is 0 Å². The summed E-state index contributed by atoms with van der Waals surface area (Å²) in [6.45, 7) is 2.98. The van der Waals surface area contributed by atoms with Gasteiger partial charge in [-0.15, -0.1) is 11.3 Å². The maximum absolute atomic E-state index is 12.7. The van der Waals surface area contributed by atoms with E-state index in [-0.39, 0.29) is 5.91 Å². The second-order valence-corrected chi connectivity index (χ2v) is 7.94. The molecule has 0 spiro atoms. The number of thiophene rings is 1. The molecule has 26 heavy (non-hydrogen) atoms. The van der Waals surface area contributed by atoms with Crippen molar-refractivity contribution in [3.63, 3.8) is 0 Å². The van der Waals surface area contributed by atoms with Gasteiger partial charge in [0.05, 0.1) is 5.39 Å². The molecule has 1 saturated heterocycles. The molecule has 5 rings (SSSR count). The molecule has 1 amide bonds. The van der Waals surface area contributed by atoms with Gasteiger partial charge in [0.25, 0.3) is 5.91 Å². The normalized spacial score (nSPS) is 17.1. The second-order valence-electron chi connectivity index (χ2n) is 6.85. The fourth-order valence-corrected chi connectivity index (χ4v) is 5.24. The highest BCUT2D eigenvalue weighted by atomic mass is 32.1. The van der Waals surface area contributed by atoms with Crippen molar-refractivity contribution in [2.75, 3.05) is 31.1 Å². The minimum atomic E-state index is 0.0499. The van der Waals surface area contributed by atoms with Gasteiger partial charge in [0.2, 0.25) is 0 Å². The minimum Gasteiger partial charge on any atom is -0.352 e. The second kappa shape index (κ2) is 6.05. The average Bonchev–Trinajstić information content (AvgIpc) is 3.36. The lowest BCUT2D eigenvalue weighted by atomic mass is 10.1. The van der Waals surface area contributed by atoms with Crippen molar-refractivity contribution < 1.29 is 4.79 Å². The Morgan fingerprint density at radius 3 is 2.77 bits per heavy atom. The lowest BCUT2D eigenvalue weighted by Gasteiger charge is -2.35. The number of hydrogen-bond acceptors (Lipinski definition) is 6. The van der Waals surface area contributed by atoms with Crippen LogP contribution in [0.1, 0.15) is 27.3 Å².